The summed E-state index contributed by atoms with van der Waals surface area (Å²) in [5.74, 6) is 0.405. The first-order valence-electron chi connectivity index (χ1n) is 12.0. The van der Waals surface area contributed by atoms with Crippen molar-refractivity contribution in [1.29, 1.82) is 0 Å². The first kappa shape index (κ1) is 22.2. The Morgan fingerprint density at radius 3 is 2.64 bits per heavy atom. The van der Waals surface area contributed by atoms with E-state index in [1.165, 1.54) is 17.7 Å². The molecule has 2 aromatic carbocycles. The maximum absolute atomic E-state index is 13.1. The number of fused-ring (bicyclic) bond motifs is 3. The van der Waals surface area contributed by atoms with Crippen LogP contribution in [0, 0.1) is 5.92 Å². The summed E-state index contributed by atoms with van der Waals surface area (Å²) in [7, 11) is -3.57. The Bertz CT molecular complexity index is 1290. The Kier molecular flexibility index (Phi) is 6.01. The summed E-state index contributed by atoms with van der Waals surface area (Å²) in [6.45, 7) is 3.38. The van der Waals surface area contributed by atoms with Crippen molar-refractivity contribution < 1.29 is 13.2 Å². The molecule has 2 heterocycles. The molecular formula is C26H31N3O3S. The highest BCUT2D eigenvalue weighted by Gasteiger charge is 2.25. The van der Waals surface area contributed by atoms with Crippen molar-refractivity contribution >= 4 is 32.5 Å². The lowest BCUT2D eigenvalue weighted by Gasteiger charge is -2.20. The number of aromatic nitrogens is 1. The number of nitrogens with one attached hydrogen (secondary N) is 2. The minimum Gasteiger partial charge on any atom is -0.358 e. The molecule has 0 radical (unpaired) electrons. The summed E-state index contributed by atoms with van der Waals surface area (Å²) < 4.78 is 27.8. The van der Waals surface area contributed by atoms with Gasteiger partial charge in [-0.1, -0.05) is 25.8 Å². The van der Waals surface area contributed by atoms with Crippen molar-refractivity contribution in [2.75, 3.05) is 18.4 Å². The van der Waals surface area contributed by atoms with Crippen LogP contribution < -0.4 is 5.32 Å². The van der Waals surface area contributed by atoms with E-state index in [9.17, 15) is 13.2 Å². The van der Waals surface area contributed by atoms with Gasteiger partial charge in [0, 0.05) is 40.9 Å². The maximum atomic E-state index is 13.1. The fraction of sp³-hybridized carbons (Fsp3) is 0.423. The van der Waals surface area contributed by atoms with Crippen LogP contribution in [0.2, 0.25) is 0 Å². The van der Waals surface area contributed by atoms with Crippen molar-refractivity contribution in [1.82, 2.24) is 9.29 Å². The predicted octanol–water partition coefficient (Wildman–Crippen LogP) is 5.11. The Balaban J connectivity index is 1.38. The largest absolute Gasteiger partial charge is 0.358 e. The molecule has 0 unspecified atom stereocenters. The highest BCUT2D eigenvalue weighted by atomic mass is 32.2. The van der Waals surface area contributed by atoms with Gasteiger partial charge in [-0.3, -0.25) is 4.79 Å². The molecule has 7 heteroatoms. The molecule has 6 nitrogen and oxygen atoms in total. The monoisotopic (exact) mass is 465 g/mol. The number of carbonyl (C=O) groups is 1. The van der Waals surface area contributed by atoms with Crippen LogP contribution in [0.4, 0.5) is 5.69 Å². The number of hydrogen-bond donors (Lipinski definition) is 2. The minimum atomic E-state index is -3.57. The zero-order chi connectivity index (χ0) is 23.0. The molecule has 2 aliphatic rings. The summed E-state index contributed by atoms with van der Waals surface area (Å²) in [5.41, 5.74) is 4.73. The van der Waals surface area contributed by atoms with Crippen LogP contribution in [0.3, 0.4) is 0 Å². The van der Waals surface area contributed by atoms with E-state index < -0.39 is 10.0 Å². The molecule has 5 rings (SSSR count). The molecular weight excluding hydrogens is 434 g/mol. The molecule has 1 amide bonds. The number of sulfonamides is 1. The van der Waals surface area contributed by atoms with Gasteiger partial charge >= 0.3 is 0 Å². The van der Waals surface area contributed by atoms with E-state index in [-0.39, 0.29) is 10.8 Å². The lowest BCUT2D eigenvalue weighted by atomic mass is 9.87. The fourth-order valence-electron chi connectivity index (χ4n) is 5.10. The van der Waals surface area contributed by atoms with E-state index in [2.05, 4.69) is 17.2 Å². The van der Waals surface area contributed by atoms with E-state index >= 15 is 0 Å². The Labute approximate surface area is 195 Å². The summed E-state index contributed by atoms with van der Waals surface area (Å²) in [6, 6.07) is 12.3. The molecule has 1 fully saturated rings. The zero-order valence-corrected chi connectivity index (χ0v) is 19.9. The number of aryl methyl sites for hydroxylation is 1. The van der Waals surface area contributed by atoms with Gasteiger partial charge in [0.1, 0.15) is 0 Å². The number of anilines is 1. The van der Waals surface area contributed by atoms with E-state index in [4.69, 9.17) is 0 Å². The first-order valence-corrected chi connectivity index (χ1v) is 13.4. The van der Waals surface area contributed by atoms with Gasteiger partial charge in [-0.05, 0) is 80.0 Å². The van der Waals surface area contributed by atoms with Crippen LogP contribution in [0.15, 0.2) is 47.4 Å². The summed E-state index contributed by atoms with van der Waals surface area (Å²) in [4.78, 5) is 16.8. The average molecular weight is 466 g/mol. The van der Waals surface area contributed by atoms with Crippen LogP contribution in [-0.4, -0.2) is 36.7 Å². The standard InChI is InChI=1S/C26H31N3O3S/c1-18-9-11-24-22(15-18)23-16-19(10-12-25(23)28-24)26(30)27-20-7-6-8-21(17-20)33(31,32)29-13-4-2-3-5-14-29/h6-8,10,12,16-18,28H,2-5,9,11,13-15H2,1H3,(H,27,30)/t18-/m1/s1. The van der Waals surface area contributed by atoms with Gasteiger partial charge in [0.2, 0.25) is 10.0 Å². The number of aromatic amines is 1. The SMILES string of the molecule is C[C@@H]1CCc2[nH]c3ccc(C(=O)Nc4cccc(S(=O)(=O)N5CCCCCC5)c4)cc3c2C1. The van der Waals surface area contributed by atoms with Crippen LogP contribution in [0.5, 0.6) is 0 Å². The Hall–Kier alpha value is -2.64. The Morgan fingerprint density at radius 1 is 1.06 bits per heavy atom. The maximum Gasteiger partial charge on any atom is 0.255 e. The number of carbonyl (C=O) groups excluding carboxylic acids is 1. The molecule has 1 atom stereocenters. The van der Waals surface area contributed by atoms with Crippen LogP contribution in [0.25, 0.3) is 10.9 Å². The quantitative estimate of drug-likeness (QED) is 0.562. The number of amides is 1. The van der Waals surface area contributed by atoms with E-state index in [1.54, 1.807) is 28.6 Å². The third-order valence-electron chi connectivity index (χ3n) is 6.99. The molecule has 1 aromatic heterocycles. The second kappa shape index (κ2) is 8.95. The predicted molar refractivity (Wildman–Crippen MR) is 131 cm³/mol. The summed E-state index contributed by atoms with van der Waals surface area (Å²) >= 11 is 0. The lowest BCUT2D eigenvalue weighted by molar-refractivity contribution is 0.102. The lowest BCUT2D eigenvalue weighted by Crippen LogP contribution is -2.32. The second-order valence-corrected chi connectivity index (χ2v) is 11.4. The second-order valence-electron chi connectivity index (χ2n) is 9.49. The summed E-state index contributed by atoms with van der Waals surface area (Å²) in [6.07, 6.45) is 7.16. The molecule has 33 heavy (non-hydrogen) atoms. The van der Waals surface area contributed by atoms with Crippen LogP contribution in [0.1, 0.15) is 60.6 Å². The molecule has 3 aromatic rings. The molecule has 2 N–H and O–H groups in total. The molecule has 1 aliphatic carbocycles. The van der Waals surface area contributed by atoms with Crippen LogP contribution >= 0.6 is 0 Å². The smallest absolute Gasteiger partial charge is 0.255 e. The topological polar surface area (TPSA) is 82.3 Å². The highest BCUT2D eigenvalue weighted by molar-refractivity contribution is 7.89. The molecule has 1 aliphatic heterocycles. The molecule has 0 spiro atoms. The van der Waals surface area contributed by atoms with Gasteiger partial charge in [0.15, 0.2) is 0 Å². The molecule has 0 saturated carbocycles. The zero-order valence-electron chi connectivity index (χ0n) is 19.1. The van der Waals surface area contributed by atoms with Gasteiger partial charge in [0.05, 0.1) is 4.90 Å². The van der Waals surface area contributed by atoms with Gasteiger partial charge in [0.25, 0.3) is 5.91 Å². The Morgan fingerprint density at radius 2 is 1.85 bits per heavy atom. The molecule has 0 bridgehead atoms. The van der Waals surface area contributed by atoms with Gasteiger partial charge < -0.3 is 10.3 Å². The first-order chi connectivity index (χ1) is 15.9. The number of hydrogen-bond acceptors (Lipinski definition) is 3. The van der Waals surface area contributed by atoms with Crippen molar-refractivity contribution in [2.24, 2.45) is 5.92 Å². The minimum absolute atomic E-state index is 0.228. The van der Waals surface area contributed by atoms with Crippen molar-refractivity contribution in [3.05, 3.63) is 59.3 Å². The van der Waals surface area contributed by atoms with Crippen molar-refractivity contribution in [3.8, 4) is 0 Å². The molecule has 174 valence electrons. The number of H-pyrrole nitrogens is 1. The molecule has 1 saturated heterocycles. The van der Waals surface area contributed by atoms with Gasteiger partial charge in [-0.15, -0.1) is 0 Å². The number of nitrogens with zero attached hydrogens (tertiary/aromatic N) is 1. The average Bonchev–Trinajstić information content (AvgIpc) is 2.97. The van der Waals surface area contributed by atoms with E-state index in [0.717, 1.165) is 49.4 Å². The number of benzene rings is 2. The number of rotatable bonds is 4. The van der Waals surface area contributed by atoms with Crippen molar-refractivity contribution in [3.63, 3.8) is 0 Å². The van der Waals surface area contributed by atoms with Crippen LogP contribution in [-0.2, 0) is 22.9 Å². The van der Waals surface area contributed by atoms with Gasteiger partial charge in [-0.25, -0.2) is 8.42 Å². The third-order valence-corrected chi connectivity index (χ3v) is 8.89. The highest BCUT2D eigenvalue weighted by Crippen LogP contribution is 2.32. The van der Waals surface area contributed by atoms with E-state index in [0.29, 0.717) is 30.3 Å². The van der Waals surface area contributed by atoms with Gasteiger partial charge in [-0.2, -0.15) is 4.31 Å². The normalized spacial score (nSPS) is 19.7. The summed E-state index contributed by atoms with van der Waals surface area (Å²) in [5, 5.41) is 4.01. The van der Waals surface area contributed by atoms with Crippen molar-refractivity contribution in [2.45, 2.75) is 56.8 Å². The van der Waals surface area contributed by atoms with E-state index in [1.807, 2.05) is 18.2 Å². The fourth-order valence-corrected chi connectivity index (χ4v) is 6.66. The third kappa shape index (κ3) is 4.44.